The Hall–Kier alpha value is -1.67. The first-order chi connectivity index (χ1) is 9.73. The van der Waals surface area contributed by atoms with Gasteiger partial charge in [-0.05, 0) is 25.6 Å². The van der Waals surface area contributed by atoms with Gasteiger partial charge in [0.05, 0.1) is 10.7 Å². The fourth-order valence-corrected chi connectivity index (χ4v) is 2.53. The zero-order valence-corrected chi connectivity index (χ0v) is 13.3. The summed E-state index contributed by atoms with van der Waals surface area (Å²) >= 11 is 0. The summed E-state index contributed by atoms with van der Waals surface area (Å²) in [4.78, 5) is 12.4. The van der Waals surface area contributed by atoms with E-state index in [1.54, 1.807) is 12.1 Å². The number of hydrogen-bond donors (Lipinski definition) is 1. The third-order valence-corrected chi connectivity index (χ3v) is 3.85. The molecule has 21 heavy (non-hydrogen) atoms. The van der Waals surface area contributed by atoms with Gasteiger partial charge in [-0.2, -0.15) is 0 Å². The first-order valence-corrected chi connectivity index (χ1v) is 8.66. The molecular formula is C13H21N3O4S. The highest BCUT2D eigenvalue weighted by atomic mass is 32.2. The van der Waals surface area contributed by atoms with Crippen LogP contribution in [0.2, 0.25) is 0 Å². The summed E-state index contributed by atoms with van der Waals surface area (Å²) in [5.74, 6) is 0.0938. The number of hydrogen-bond acceptors (Lipinski definition) is 6. The lowest BCUT2D eigenvalue weighted by Gasteiger charge is -2.16. The van der Waals surface area contributed by atoms with Gasteiger partial charge in [0.15, 0.2) is 0 Å². The molecule has 0 unspecified atom stereocenters. The van der Waals surface area contributed by atoms with Crippen LogP contribution >= 0.6 is 0 Å². The molecule has 1 rings (SSSR count). The van der Waals surface area contributed by atoms with E-state index in [2.05, 4.69) is 5.32 Å². The maximum atomic E-state index is 11.1. The van der Waals surface area contributed by atoms with Gasteiger partial charge < -0.3 is 10.2 Å². The van der Waals surface area contributed by atoms with Crippen molar-refractivity contribution in [2.75, 3.05) is 37.5 Å². The second kappa shape index (κ2) is 7.37. The molecule has 0 saturated carbocycles. The Morgan fingerprint density at radius 3 is 2.57 bits per heavy atom. The van der Waals surface area contributed by atoms with Crippen LogP contribution in [0.15, 0.2) is 18.2 Å². The molecule has 0 aliphatic rings. The summed E-state index contributed by atoms with van der Waals surface area (Å²) < 4.78 is 22.3. The Labute approximate surface area is 125 Å². The normalized spacial score (nSPS) is 11.6. The highest BCUT2D eigenvalue weighted by molar-refractivity contribution is 7.90. The van der Waals surface area contributed by atoms with E-state index in [-0.39, 0.29) is 11.4 Å². The zero-order valence-electron chi connectivity index (χ0n) is 12.5. The summed E-state index contributed by atoms with van der Waals surface area (Å²) in [6.07, 6.45) is 1.20. The van der Waals surface area contributed by atoms with E-state index >= 15 is 0 Å². The van der Waals surface area contributed by atoms with Crippen molar-refractivity contribution in [2.24, 2.45) is 0 Å². The number of rotatable bonds is 8. The second-order valence-electron chi connectivity index (χ2n) is 5.01. The average Bonchev–Trinajstić information content (AvgIpc) is 2.36. The third kappa shape index (κ3) is 6.09. The first kappa shape index (κ1) is 17.4. The number of sulfone groups is 1. The quantitative estimate of drug-likeness (QED) is 0.577. The van der Waals surface area contributed by atoms with E-state index in [9.17, 15) is 18.5 Å². The number of benzene rings is 1. The molecular weight excluding hydrogens is 294 g/mol. The Morgan fingerprint density at radius 1 is 1.38 bits per heavy atom. The monoisotopic (exact) mass is 315 g/mol. The maximum Gasteiger partial charge on any atom is 0.292 e. The van der Waals surface area contributed by atoms with E-state index in [4.69, 9.17) is 0 Å². The fraction of sp³-hybridized carbons (Fsp3) is 0.538. The summed E-state index contributed by atoms with van der Waals surface area (Å²) in [5, 5.41) is 13.9. The largest absolute Gasteiger partial charge is 0.380 e. The van der Waals surface area contributed by atoms with Gasteiger partial charge in [-0.25, -0.2) is 8.42 Å². The number of nitro groups is 1. The van der Waals surface area contributed by atoms with E-state index in [0.29, 0.717) is 25.3 Å². The van der Waals surface area contributed by atoms with Crippen molar-refractivity contribution in [2.45, 2.75) is 13.5 Å². The van der Waals surface area contributed by atoms with Crippen molar-refractivity contribution >= 4 is 21.2 Å². The molecule has 0 radical (unpaired) electrons. The minimum absolute atomic E-state index is 0.0411. The van der Waals surface area contributed by atoms with Gasteiger partial charge in [0.2, 0.25) is 0 Å². The Kier molecular flexibility index (Phi) is 6.10. The molecule has 0 aromatic heterocycles. The van der Waals surface area contributed by atoms with Crippen molar-refractivity contribution in [1.29, 1.82) is 0 Å². The lowest BCUT2D eigenvalue weighted by Crippen LogP contribution is -2.24. The summed E-state index contributed by atoms with van der Waals surface area (Å²) in [7, 11) is -1.17. The van der Waals surface area contributed by atoms with Crippen molar-refractivity contribution in [3.63, 3.8) is 0 Å². The van der Waals surface area contributed by atoms with Crippen LogP contribution in [0.3, 0.4) is 0 Å². The molecule has 0 amide bonds. The van der Waals surface area contributed by atoms with Crippen LogP contribution in [0.1, 0.15) is 12.5 Å². The van der Waals surface area contributed by atoms with Crippen LogP contribution in [0, 0.1) is 10.1 Å². The lowest BCUT2D eigenvalue weighted by molar-refractivity contribution is -0.384. The van der Waals surface area contributed by atoms with Crippen LogP contribution in [0.25, 0.3) is 0 Å². The molecule has 1 N–H and O–H groups in total. The van der Waals surface area contributed by atoms with Gasteiger partial charge in [0.25, 0.3) is 5.69 Å². The molecule has 7 nitrogen and oxygen atoms in total. The molecule has 0 spiro atoms. The first-order valence-electron chi connectivity index (χ1n) is 6.60. The molecule has 8 heteroatoms. The lowest BCUT2D eigenvalue weighted by atomic mass is 10.1. The Bertz CT molecular complexity index is 601. The zero-order chi connectivity index (χ0) is 16.0. The van der Waals surface area contributed by atoms with Crippen molar-refractivity contribution in [3.05, 3.63) is 33.9 Å². The van der Waals surface area contributed by atoms with Gasteiger partial charge in [-0.3, -0.25) is 10.1 Å². The number of anilines is 1. The van der Waals surface area contributed by atoms with Crippen LogP contribution in [0.5, 0.6) is 0 Å². The molecule has 0 aliphatic carbocycles. The minimum atomic E-state index is -2.99. The van der Waals surface area contributed by atoms with E-state index in [1.165, 1.54) is 12.3 Å². The summed E-state index contributed by atoms with van der Waals surface area (Å²) in [6, 6.07) is 4.90. The highest BCUT2D eigenvalue weighted by Crippen LogP contribution is 2.25. The van der Waals surface area contributed by atoms with Crippen LogP contribution in [0.4, 0.5) is 11.4 Å². The summed E-state index contributed by atoms with van der Waals surface area (Å²) in [6.45, 7) is 3.42. The van der Waals surface area contributed by atoms with Crippen LogP contribution in [-0.2, 0) is 16.4 Å². The van der Waals surface area contributed by atoms with E-state index in [1.807, 2.05) is 18.9 Å². The van der Waals surface area contributed by atoms with E-state index < -0.39 is 14.8 Å². The average molecular weight is 315 g/mol. The summed E-state index contributed by atoms with van der Waals surface area (Å²) in [5.41, 5.74) is 1.42. The standard InChI is InChI=1S/C13H21N3O4S/c1-4-14-12-9-11(5-6-13(12)16(17)18)10-15(2)7-8-21(3,19)20/h5-6,9,14H,4,7-8,10H2,1-3H3. The van der Waals surface area contributed by atoms with Gasteiger partial charge in [0, 0.05) is 32.0 Å². The molecule has 0 bridgehead atoms. The smallest absolute Gasteiger partial charge is 0.292 e. The Morgan fingerprint density at radius 2 is 2.05 bits per heavy atom. The van der Waals surface area contributed by atoms with Crippen molar-refractivity contribution in [3.8, 4) is 0 Å². The number of nitrogens with zero attached hydrogens (tertiary/aromatic N) is 2. The number of nitro benzene ring substituents is 1. The van der Waals surface area contributed by atoms with Gasteiger partial charge in [0.1, 0.15) is 15.5 Å². The molecule has 1 aromatic carbocycles. The van der Waals surface area contributed by atoms with Crippen LogP contribution in [-0.4, -0.2) is 50.4 Å². The topological polar surface area (TPSA) is 92.6 Å². The Balaban J connectivity index is 2.79. The minimum Gasteiger partial charge on any atom is -0.380 e. The van der Waals surface area contributed by atoms with Gasteiger partial charge in [-0.1, -0.05) is 6.07 Å². The third-order valence-electron chi connectivity index (χ3n) is 2.92. The van der Waals surface area contributed by atoms with Crippen molar-refractivity contribution in [1.82, 2.24) is 4.90 Å². The maximum absolute atomic E-state index is 11.1. The van der Waals surface area contributed by atoms with Gasteiger partial charge in [-0.15, -0.1) is 0 Å². The van der Waals surface area contributed by atoms with Gasteiger partial charge >= 0.3 is 0 Å². The molecule has 0 aliphatic heterocycles. The second-order valence-corrected chi connectivity index (χ2v) is 7.27. The molecule has 0 atom stereocenters. The molecule has 0 heterocycles. The molecule has 118 valence electrons. The van der Waals surface area contributed by atoms with Crippen LogP contribution < -0.4 is 5.32 Å². The highest BCUT2D eigenvalue weighted by Gasteiger charge is 2.14. The molecule has 1 aromatic rings. The molecule has 0 saturated heterocycles. The van der Waals surface area contributed by atoms with E-state index in [0.717, 1.165) is 5.56 Å². The predicted octanol–water partition coefficient (Wildman–Crippen LogP) is 1.50. The SMILES string of the molecule is CCNc1cc(CN(C)CCS(C)(=O)=O)ccc1[N+](=O)[O-]. The number of nitrogens with one attached hydrogen (secondary N) is 1. The fourth-order valence-electron chi connectivity index (χ4n) is 1.89. The molecule has 0 fully saturated rings. The predicted molar refractivity (Wildman–Crippen MR) is 83.3 cm³/mol. The van der Waals surface area contributed by atoms with Crippen molar-refractivity contribution < 1.29 is 13.3 Å².